The Labute approximate surface area is 77.4 Å². The molecule has 0 aromatic heterocycles. The van der Waals surface area contributed by atoms with Crippen molar-refractivity contribution in [3.63, 3.8) is 0 Å². The summed E-state index contributed by atoms with van der Waals surface area (Å²) >= 11 is 4.17. The predicted octanol–water partition coefficient (Wildman–Crippen LogP) is 2.10. The van der Waals surface area contributed by atoms with Crippen molar-refractivity contribution in [1.29, 1.82) is 0 Å². The summed E-state index contributed by atoms with van der Waals surface area (Å²) < 4.78 is 0. The SMILES string of the molecule is CC1C=CC=C(S)C1(C)C(=O)O. The minimum absolute atomic E-state index is 0.00694. The average molecular weight is 184 g/mol. The first-order valence-corrected chi connectivity index (χ1v) is 4.25. The lowest BCUT2D eigenvalue weighted by atomic mass is 9.75. The largest absolute Gasteiger partial charge is 0.481 e. The number of aliphatic carboxylic acids is 1. The van der Waals surface area contributed by atoms with Crippen LogP contribution in [0, 0.1) is 11.3 Å². The standard InChI is InChI=1S/C9H12O2S/c1-6-4-3-5-7(12)9(6,2)8(10)11/h3-6,12H,1-2H3,(H,10,11). The first kappa shape index (κ1) is 9.39. The third-order valence-electron chi connectivity index (χ3n) is 2.54. The molecule has 3 heteroatoms. The van der Waals surface area contributed by atoms with Crippen molar-refractivity contribution in [2.45, 2.75) is 13.8 Å². The van der Waals surface area contributed by atoms with Crippen LogP contribution >= 0.6 is 12.6 Å². The van der Waals surface area contributed by atoms with Crippen molar-refractivity contribution < 1.29 is 9.90 Å². The zero-order chi connectivity index (χ0) is 9.35. The highest BCUT2D eigenvalue weighted by Gasteiger charge is 2.41. The minimum atomic E-state index is -0.849. The summed E-state index contributed by atoms with van der Waals surface area (Å²) in [5, 5.41) is 9.01. The van der Waals surface area contributed by atoms with Gasteiger partial charge in [-0.3, -0.25) is 4.79 Å². The minimum Gasteiger partial charge on any atom is -0.481 e. The van der Waals surface area contributed by atoms with Crippen LogP contribution in [0.15, 0.2) is 23.1 Å². The van der Waals surface area contributed by atoms with Gasteiger partial charge in [0, 0.05) is 0 Å². The van der Waals surface area contributed by atoms with E-state index in [4.69, 9.17) is 5.11 Å². The number of carboxylic acids is 1. The van der Waals surface area contributed by atoms with Crippen LogP contribution in [-0.4, -0.2) is 11.1 Å². The van der Waals surface area contributed by atoms with Crippen molar-refractivity contribution in [2.24, 2.45) is 11.3 Å². The molecule has 0 heterocycles. The number of hydrogen-bond donors (Lipinski definition) is 2. The van der Waals surface area contributed by atoms with E-state index in [0.717, 1.165) is 0 Å². The van der Waals surface area contributed by atoms with Crippen molar-refractivity contribution in [3.8, 4) is 0 Å². The van der Waals surface area contributed by atoms with Crippen LogP contribution in [0.5, 0.6) is 0 Å². The molecule has 66 valence electrons. The number of hydrogen-bond acceptors (Lipinski definition) is 2. The first-order valence-electron chi connectivity index (χ1n) is 3.81. The third kappa shape index (κ3) is 1.18. The van der Waals surface area contributed by atoms with Gasteiger partial charge in [0.2, 0.25) is 0 Å². The van der Waals surface area contributed by atoms with Gasteiger partial charge in [0.15, 0.2) is 0 Å². The van der Waals surface area contributed by atoms with E-state index in [9.17, 15) is 4.79 Å². The molecule has 1 aliphatic carbocycles. The molecule has 0 saturated carbocycles. The molecular formula is C9H12O2S. The third-order valence-corrected chi connectivity index (χ3v) is 3.15. The maximum atomic E-state index is 11.0. The van der Waals surface area contributed by atoms with Gasteiger partial charge in [-0.1, -0.05) is 25.2 Å². The van der Waals surface area contributed by atoms with Gasteiger partial charge in [0.25, 0.3) is 0 Å². The second-order valence-corrected chi connectivity index (χ2v) is 3.71. The van der Waals surface area contributed by atoms with Crippen LogP contribution in [0.4, 0.5) is 0 Å². The van der Waals surface area contributed by atoms with E-state index in [1.807, 2.05) is 19.1 Å². The van der Waals surface area contributed by atoms with Gasteiger partial charge in [0.1, 0.15) is 5.41 Å². The van der Waals surface area contributed by atoms with E-state index in [1.54, 1.807) is 13.0 Å². The fourth-order valence-corrected chi connectivity index (χ4v) is 1.60. The van der Waals surface area contributed by atoms with Gasteiger partial charge in [0.05, 0.1) is 0 Å². The van der Waals surface area contributed by atoms with Gasteiger partial charge >= 0.3 is 5.97 Å². The van der Waals surface area contributed by atoms with Crippen LogP contribution < -0.4 is 0 Å². The second kappa shape index (κ2) is 2.98. The van der Waals surface area contributed by atoms with E-state index in [2.05, 4.69) is 12.6 Å². The molecular weight excluding hydrogens is 172 g/mol. The van der Waals surface area contributed by atoms with Crippen molar-refractivity contribution >= 4 is 18.6 Å². The Morgan fingerprint density at radius 1 is 1.75 bits per heavy atom. The lowest BCUT2D eigenvalue weighted by Gasteiger charge is -2.31. The smallest absolute Gasteiger partial charge is 0.314 e. The first-order chi connectivity index (χ1) is 5.49. The molecule has 0 spiro atoms. The number of carbonyl (C=O) groups is 1. The van der Waals surface area contributed by atoms with Gasteiger partial charge in [-0.05, 0) is 17.7 Å². The number of thiol groups is 1. The molecule has 2 nitrogen and oxygen atoms in total. The molecule has 0 fully saturated rings. The molecule has 0 aromatic rings. The molecule has 0 aliphatic heterocycles. The molecule has 0 saturated heterocycles. The summed E-state index contributed by atoms with van der Waals surface area (Å²) in [6, 6.07) is 0. The highest BCUT2D eigenvalue weighted by atomic mass is 32.1. The number of carboxylic acid groups (broad SMARTS) is 1. The highest BCUT2D eigenvalue weighted by molar-refractivity contribution is 7.84. The van der Waals surface area contributed by atoms with Crippen LogP contribution in [0.2, 0.25) is 0 Å². The van der Waals surface area contributed by atoms with Gasteiger partial charge in [-0.25, -0.2) is 0 Å². The molecule has 1 N–H and O–H groups in total. The van der Waals surface area contributed by atoms with Crippen molar-refractivity contribution in [2.75, 3.05) is 0 Å². The Kier molecular flexibility index (Phi) is 2.33. The Morgan fingerprint density at radius 3 is 2.67 bits per heavy atom. The molecule has 2 atom stereocenters. The molecule has 0 aromatic carbocycles. The second-order valence-electron chi connectivity index (χ2n) is 3.23. The Balaban J connectivity index is 3.10. The maximum absolute atomic E-state index is 11.0. The zero-order valence-corrected chi connectivity index (χ0v) is 8.01. The summed E-state index contributed by atoms with van der Waals surface area (Å²) in [5.74, 6) is -0.826. The van der Waals surface area contributed by atoms with E-state index in [-0.39, 0.29) is 5.92 Å². The van der Waals surface area contributed by atoms with Crippen molar-refractivity contribution in [1.82, 2.24) is 0 Å². The van der Waals surface area contributed by atoms with Crippen LogP contribution in [0.25, 0.3) is 0 Å². The monoisotopic (exact) mass is 184 g/mol. The average Bonchev–Trinajstić information content (AvgIpc) is 1.99. The van der Waals surface area contributed by atoms with E-state index >= 15 is 0 Å². The maximum Gasteiger partial charge on any atom is 0.314 e. The molecule has 2 unspecified atom stereocenters. The zero-order valence-electron chi connectivity index (χ0n) is 7.11. The molecule has 12 heavy (non-hydrogen) atoms. The molecule has 1 aliphatic rings. The van der Waals surface area contributed by atoms with E-state index < -0.39 is 11.4 Å². The summed E-state index contributed by atoms with van der Waals surface area (Å²) in [6.45, 7) is 3.58. The highest BCUT2D eigenvalue weighted by Crippen LogP contribution is 2.40. The van der Waals surface area contributed by atoms with Gasteiger partial charge in [-0.2, -0.15) is 0 Å². The molecule has 0 amide bonds. The van der Waals surface area contributed by atoms with Crippen molar-refractivity contribution in [3.05, 3.63) is 23.1 Å². The summed E-state index contributed by atoms with van der Waals surface area (Å²) in [7, 11) is 0. The van der Waals surface area contributed by atoms with E-state index in [1.165, 1.54) is 0 Å². The number of rotatable bonds is 1. The summed E-state index contributed by atoms with van der Waals surface area (Å²) in [4.78, 5) is 11.6. The topological polar surface area (TPSA) is 37.3 Å². The fourth-order valence-electron chi connectivity index (χ4n) is 1.22. The quantitative estimate of drug-likeness (QED) is 0.612. The molecule has 0 bridgehead atoms. The summed E-state index contributed by atoms with van der Waals surface area (Å²) in [6.07, 6.45) is 5.46. The van der Waals surface area contributed by atoms with Crippen LogP contribution in [0.1, 0.15) is 13.8 Å². The normalized spacial score (nSPS) is 34.6. The Morgan fingerprint density at radius 2 is 2.33 bits per heavy atom. The van der Waals surface area contributed by atoms with Crippen LogP contribution in [0.3, 0.4) is 0 Å². The van der Waals surface area contributed by atoms with E-state index in [0.29, 0.717) is 4.91 Å². The predicted molar refractivity (Wildman–Crippen MR) is 51.1 cm³/mol. The Hall–Kier alpha value is -0.700. The Bertz CT molecular complexity index is 268. The lowest BCUT2D eigenvalue weighted by Crippen LogP contribution is -2.35. The van der Waals surface area contributed by atoms with Gasteiger partial charge < -0.3 is 5.11 Å². The lowest BCUT2D eigenvalue weighted by molar-refractivity contribution is -0.147. The summed E-state index contributed by atoms with van der Waals surface area (Å²) in [5.41, 5.74) is -0.849. The fraction of sp³-hybridized carbons (Fsp3) is 0.444. The molecule has 1 rings (SSSR count). The van der Waals surface area contributed by atoms with Gasteiger partial charge in [-0.15, -0.1) is 12.6 Å². The molecule has 0 radical (unpaired) electrons. The van der Waals surface area contributed by atoms with Crippen LogP contribution in [-0.2, 0) is 4.79 Å². The number of allylic oxidation sites excluding steroid dienone is 3.